The van der Waals surface area contributed by atoms with Crippen LogP contribution in [0.15, 0.2) is 36.5 Å². The molecule has 0 aliphatic heterocycles. The highest BCUT2D eigenvalue weighted by Crippen LogP contribution is 2.46. The van der Waals surface area contributed by atoms with Gasteiger partial charge >= 0.3 is 6.18 Å². The fraction of sp³-hybridized carbons (Fsp3) is 0.320. The van der Waals surface area contributed by atoms with E-state index in [-0.39, 0.29) is 6.42 Å². The van der Waals surface area contributed by atoms with Gasteiger partial charge in [-0.25, -0.2) is 4.57 Å². The number of hydrogen-bond acceptors (Lipinski definition) is 0. The Morgan fingerprint density at radius 2 is 1.69 bits per heavy atom. The van der Waals surface area contributed by atoms with Crippen molar-refractivity contribution in [3.8, 4) is 0 Å². The van der Waals surface area contributed by atoms with Crippen molar-refractivity contribution in [3.05, 3.63) is 75.6 Å². The fourth-order valence-electron chi connectivity index (χ4n) is 4.64. The third kappa shape index (κ3) is 3.25. The molecule has 4 heteroatoms. The molecule has 0 unspecified atom stereocenters. The van der Waals surface area contributed by atoms with E-state index in [4.69, 9.17) is 0 Å². The predicted molar refractivity (Wildman–Crippen MR) is 112 cm³/mol. The van der Waals surface area contributed by atoms with Crippen molar-refractivity contribution in [2.75, 3.05) is 0 Å². The summed E-state index contributed by atoms with van der Waals surface area (Å²) in [6, 6.07) is 10.2. The molecule has 1 aromatic heterocycles. The number of allylic oxidation sites excluding steroid dienone is 1. The van der Waals surface area contributed by atoms with Crippen LogP contribution in [0.4, 0.5) is 13.2 Å². The summed E-state index contributed by atoms with van der Waals surface area (Å²) < 4.78 is 40.9. The Kier molecular flexibility index (Phi) is 4.56. The molecule has 29 heavy (non-hydrogen) atoms. The summed E-state index contributed by atoms with van der Waals surface area (Å²) in [5, 5.41) is 2.14. The summed E-state index contributed by atoms with van der Waals surface area (Å²) in [6.45, 7) is 8.37. The molecule has 0 atom stereocenters. The average Bonchev–Trinajstić information content (AvgIpc) is 2.94. The van der Waals surface area contributed by atoms with Crippen molar-refractivity contribution in [2.45, 2.75) is 46.7 Å². The lowest BCUT2D eigenvalue weighted by molar-refractivity contribution is -0.672. The molecule has 2 aromatic carbocycles. The van der Waals surface area contributed by atoms with Crippen molar-refractivity contribution in [2.24, 2.45) is 7.05 Å². The van der Waals surface area contributed by atoms with Crippen LogP contribution < -0.4 is 4.57 Å². The molecule has 0 radical (unpaired) electrons. The van der Waals surface area contributed by atoms with E-state index in [9.17, 15) is 13.2 Å². The van der Waals surface area contributed by atoms with Crippen LogP contribution in [-0.4, -0.2) is 6.18 Å². The Bertz CT molecular complexity index is 1180. The highest BCUT2D eigenvalue weighted by atomic mass is 19.4. The Balaban J connectivity index is 2.02. The maximum Gasteiger partial charge on any atom is 0.389 e. The third-order valence-electron chi connectivity index (χ3n) is 6.14. The Hall–Kier alpha value is -2.62. The van der Waals surface area contributed by atoms with Gasteiger partial charge in [0, 0.05) is 12.5 Å². The second kappa shape index (κ2) is 6.72. The van der Waals surface area contributed by atoms with Crippen LogP contribution >= 0.6 is 0 Å². The lowest BCUT2D eigenvalue weighted by atomic mass is 9.91. The molecule has 0 saturated carbocycles. The zero-order chi connectivity index (χ0) is 21.1. The summed E-state index contributed by atoms with van der Waals surface area (Å²) in [4.78, 5) is 0. The van der Waals surface area contributed by atoms with E-state index < -0.39 is 12.6 Å². The molecule has 0 spiro atoms. The predicted octanol–water partition coefficient (Wildman–Crippen LogP) is 6.38. The maximum atomic E-state index is 12.9. The standard InChI is InChI=1S/C25H25F3N/c1-14-12-15(2)16(3)20(13-14)22-17(4)21-18(8-10-25(26,27)28)6-7-19-9-11-29(5)24(22)23(19)21/h6-7,9,11-13H,8,10H2,1-5H3/q+1. The van der Waals surface area contributed by atoms with E-state index in [1.54, 1.807) is 0 Å². The number of alkyl halides is 3. The summed E-state index contributed by atoms with van der Waals surface area (Å²) in [5.41, 5.74) is 9.84. The Labute approximate surface area is 169 Å². The summed E-state index contributed by atoms with van der Waals surface area (Å²) in [7, 11) is 2.01. The van der Waals surface area contributed by atoms with Gasteiger partial charge in [0.2, 0.25) is 5.69 Å². The molecule has 1 nitrogen and oxygen atoms in total. The zero-order valence-electron chi connectivity index (χ0n) is 17.5. The molecule has 0 bridgehead atoms. The lowest BCUT2D eigenvalue weighted by Crippen LogP contribution is -2.32. The Morgan fingerprint density at radius 1 is 0.966 bits per heavy atom. The van der Waals surface area contributed by atoms with E-state index >= 15 is 0 Å². The highest BCUT2D eigenvalue weighted by Gasteiger charge is 2.34. The van der Waals surface area contributed by atoms with Crippen LogP contribution in [0.1, 0.15) is 52.4 Å². The van der Waals surface area contributed by atoms with Crippen molar-refractivity contribution in [3.63, 3.8) is 0 Å². The number of aryl methyl sites for hydroxylation is 4. The quantitative estimate of drug-likeness (QED) is 0.453. The van der Waals surface area contributed by atoms with Crippen molar-refractivity contribution < 1.29 is 17.7 Å². The molecule has 1 aliphatic rings. The van der Waals surface area contributed by atoms with Crippen LogP contribution in [0.25, 0.3) is 21.9 Å². The highest BCUT2D eigenvalue weighted by molar-refractivity contribution is 6.16. The molecule has 4 rings (SSSR count). The van der Waals surface area contributed by atoms with E-state index in [0.29, 0.717) is 0 Å². The molecule has 150 valence electrons. The minimum atomic E-state index is -4.16. The molecule has 0 fully saturated rings. The summed E-state index contributed by atoms with van der Waals surface area (Å²) in [6.07, 6.45) is -2.92. The molecular weight excluding hydrogens is 371 g/mol. The number of nitrogens with zero attached hydrogens (tertiary/aromatic N) is 1. The van der Waals surface area contributed by atoms with Crippen molar-refractivity contribution in [1.82, 2.24) is 0 Å². The molecule has 0 amide bonds. The van der Waals surface area contributed by atoms with Gasteiger partial charge in [-0.15, -0.1) is 0 Å². The number of rotatable bonds is 3. The minimum absolute atomic E-state index is 0.00324. The second-order valence-corrected chi connectivity index (χ2v) is 8.21. The largest absolute Gasteiger partial charge is 0.389 e. The van der Waals surface area contributed by atoms with E-state index in [0.717, 1.165) is 38.7 Å². The summed E-state index contributed by atoms with van der Waals surface area (Å²) in [5.74, 6) is 0. The van der Waals surface area contributed by atoms with Gasteiger partial charge in [-0.1, -0.05) is 29.8 Å². The summed E-state index contributed by atoms with van der Waals surface area (Å²) >= 11 is 0. The topological polar surface area (TPSA) is 3.88 Å². The molecule has 3 aromatic rings. The van der Waals surface area contributed by atoms with Crippen LogP contribution in [0, 0.1) is 20.8 Å². The number of aromatic nitrogens is 1. The fourth-order valence-corrected chi connectivity index (χ4v) is 4.64. The van der Waals surface area contributed by atoms with Crippen molar-refractivity contribution >= 4 is 21.9 Å². The monoisotopic (exact) mass is 396 g/mol. The molecule has 0 saturated heterocycles. The average molecular weight is 396 g/mol. The van der Waals surface area contributed by atoms with Crippen LogP contribution in [0.2, 0.25) is 0 Å². The molecule has 1 heterocycles. The van der Waals surface area contributed by atoms with Gasteiger partial charge in [-0.3, -0.25) is 0 Å². The lowest BCUT2D eigenvalue weighted by Gasteiger charge is -2.13. The minimum Gasteiger partial charge on any atom is -0.200 e. The second-order valence-electron chi connectivity index (χ2n) is 8.21. The van der Waals surface area contributed by atoms with Crippen LogP contribution in [0.3, 0.4) is 0 Å². The first-order valence-corrected chi connectivity index (χ1v) is 9.89. The first-order chi connectivity index (χ1) is 13.6. The van der Waals surface area contributed by atoms with Gasteiger partial charge in [0.25, 0.3) is 0 Å². The molecule has 1 aliphatic carbocycles. The number of benzene rings is 2. The van der Waals surface area contributed by atoms with E-state index in [1.807, 2.05) is 31.4 Å². The number of hydrogen-bond donors (Lipinski definition) is 0. The van der Waals surface area contributed by atoms with Crippen LogP contribution in [-0.2, 0) is 13.5 Å². The third-order valence-corrected chi connectivity index (χ3v) is 6.14. The first kappa shape index (κ1) is 19.7. The van der Waals surface area contributed by atoms with Gasteiger partial charge in [-0.2, -0.15) is 13.2 Å². The first-order valence-electron chi connectivity index (χ1n) is 9.89. The van der Waals surface area contributed by atoms with E-state index in [2.05, 4.69) is 44.4 Å². The zero-order valence-corrected chi connectivity index (χ0v) is 17.5. The maximum absolute atomic E-state index is 12.9. The van der Waals surface area contributed by atoms with E-state index in [1.165, 1.54) is 22.3 Å². The molecule has 0 N–H and O–H groups in total. The van der Waals surface area contributed by atoms with Crippen molar-refractivity contribution in [1.29, 1.82) is 0 Å². The smallest absolute Gasteiger partial charge is 0.200 e. The van der Waals surface area contributed by atoms with Gasteiger partial charge < -0.3 is 0 Å². The Morgan fingerprint density at radius 3 is 2.38 bits per heavy atom. The normalized spacial score (nSPS) is 13.7. The van der Waals surface area contributed by atoms with Crippen LogP contribution in [0.5, 0.6) is 0 Å². The number of pyridine rings is 1. The number of halogens is 3. The SMILES string of the molecule is CC1=C(c2cc(C)cc(C)c2C)c2c3c1c(CCC(F)(F)F)ccc3cc[n+]2C. The van der Waals surface area contributed by atoms with Gasteiger partial charge in [-0.05, 0) is 72.9 Å². The van der Waals surface area contributed by atoms with Gasteiger partial charge in [0.05, 0.1) is 11.0 Å². The molecular formula is C25H25F3N+. The van der Waals surface area contributed by atoms with Gasteiger partial charge in [0.1, 0.15) is 7.05 Å². The van der Waals surface area contributed by atoms with Gasteiger partial charge in [0.15, 0.2) is 6.20 Å².